The van der Waals surface area contributed by atoms with Gasteiger partial charge in [0.1, 0.15) is 24.0 Å². The van der Waals surface area contributed by atoms with E-state index in [9.17, 15) is 4.79 Å². The average molecular weight is 437 g/mol. The Morgan fingerprint density at radius 3 is 2.78 bits per heavy atom. The second-order valence-electron chi connectivity index (χ2n) is 7.63. The molecule has 0 aliphatic carbocycles. The summed E-state index contributed by atoms with van der Waals surface area (Å²) in [6.07, 6.45) is -0.631. The zero-order valence-corrected chi connectivity index (χ0v) is 16.8. The van der Waals surface area contributed by atoms with Crippen LogP contribution in [0.15, 0.2) is 48.5 Å². The van der Waals surface area contributed by atoms with Gasteiger partial charge >= 0.3 is 6.01 Å². The molecule has 0 saturated carbocycles. The van der Waals surface area contributed by atoms with Crippen LogP contribution in [0, 0.1) is 0 Å². The number of amides is 1. The fourth-order valence-corrected chi connectivity index (χ4v) is 4.16. The monoisotopic (exact) mass is 437 g/mol. The summed E-state index contributed by atoms with van der Waals surface area (Å²) < 4.78 is 30.1. The largest absolute Gasteiger partial charge is 0.454 e. The molecule has 164 valence electrons. The molecule has 11 nitrogen and oxygen atoms in total. The van der Waals surface area contributed by atoms with Crippen LogP contribution in [0.3, 0.4) is 0 Å². The van der Waals surface area contributed by atoms with E-state index in [2.05, 4.69) is 20.8 Å². The smallest absolute Gasteiger partial charge is 0.341 e. The fourth-order valence-electron chi connectivity index (χ4n) is 4.16. The average Bonchev–Trinajstić information content (AvgIpc) is 3.60. The van der Waals surface area contributed by atoms with Crippen LogP contribution >= 0.6 is 0 Å². The van der Waals surface area contributed by atoms with Crippen LogP contribution < -0.4 is 19.5 Å². The molecule has 2 aromatic carbocycles. The number of aromatic nitrogens is 4. The van der Waals surface area contributed by atoms with Crippen molar-refractivity contribution < 1.29 is 28.5 Å². The molecule has 2 saturated heterocycles. The van der Waals surface area contributed by atoms with Crippen LogP contribution in [0.25, 0.3) is 0 Å². The molecule has 32 heavy (non-hydrogen) atoms. The van der Waals surface area contributed by atoms with Crippen molar-refractivity contribution in [2.24, 2.45) is 0 Å². The third kappa shape index (κ3) is 3.31. The van der Waals surface area contributed by atoms with Crippen molar-refractivity contribution in [1.29, 1.82) is 0 Å². The summed E-state index contributed by atoms with van der Waals surface area (Å²) in [6, 6.07) is 13.9. The Labute approximate surface area is 182 Å². The summed E-state index contributed by atoms with van der Waals surface area (Å²) in [5, 5.41) is 14.8. The summed E-state index contributed by atoms with van der Waals surface area (Å²) in [4.78, 5) is 12.5. The Kier molecular flexibility index (Phi) is 4.62. The molecule has 4 heterocycles. The van der Waals surface area contributed by atoms with E-state index < -0.39 is 0 Å². The maximum atomic E-state index is 12.5. The van der Waals surface area contributed by atoms with Crippen molar-refractivity contribution in [3.8, 4) is 23.3 Å². The van der Waals surface area contributed by atoms with Gasteiger partial charge in [-0.15, -0.1) is 0 Å². The molecule has 0 radical (unpaired) electrons. The summed E-state index contributed by atoms with van der Waals surface area (Å²) in [5.41, 5.74) is 0.588. The molecule has 3 aliphatic heterocycles. The maximum Gasteiger partial charge on any atom is 0.341 e. The van der Waals surface area contributed by atoms with Crippen LogP contribution in [0.2, 0.25) is 0 Å². The van der Waals surface area contributed by atoms with E-state index in [-0.39, 0.29) is 43.0 Å². The lowest BCUT2D eigenvalue weighted by Crippen LogP contribution is -2.44. The number of nitrogens with zero attached hydrogens (tertiary/aromatic N) is 4. The van der Waals surface area contributed by atoms with Crippen LogP contribution in [-0.4, -0.2) is 64.4 Å². The standard InChI is InChI=1S/C21H19N5O6/c27-20(12-4-2-1-3-5-12)22-14-9-28-19-15(10-29-18(14)19)26-21(23-24-25-26)32-13-6-7-16-17(8-13)31-11-30-16/h1-8,14-15,18-19H,9-11H2,(H,22,27)/t14-,15-,18+,19+/m0/s1. The van der Waals surface area contributed by atoms with Gasteiger partial charge in [0.25, 0.3) is 5.91 Å². The molecule has 0 bridgehead atoms. The summed E-state index contributed by atoms with van der Waals surface area (Å²) in [5.74, 6) is 1.61. The normalized spacial score (nSPS) is 25.5. The van der Waals surface area contributed by atoms with Crippen molar-refractivity contribution in [2.75, 3.05) is 20.0 Å². The first-order chi connectivity index (χ1) is 15.8. The number of tetrazole rings is 1. The molecule has 3 aromatic rings. The number of fused-ring (bicyclic) bond motifs is 2. The Bertz CT molecular complexity index is 1140. The molecule has 11 heteroatoms. The van der Waals surface area contributed by atoms with Gasteiger partial charge in [-0.25, -0.2) is 0 Å². The Morgan fingerprint density at radius 1 is 1.03 bits per heavy atom. The van der Waals surface area contributed by atoms with Gasteiger partial charge in [0.15, 0.2) is 11.5 Å². The van der Waals surface area contributed by atoms with Crippen LogP contribution in [0.5, 0.6) is 23.3 Å². The van der Waals surface area contributed by atoms with Crippen molar-refractivity contribution in [3.63, 3.8) is 0 Å². The van der Waals surface area contributed by atoms with E-state index >= 15 is 0 Å². The third-order valence-corrected chi connectivity index (χ3v) is 5.71. The number of nitrogens with one attached hydrogen (secondary N) is 1. The fraction of sp³-hybridized carbons (Fsp3) is 0.333. The van der Waals surface area contributed by atoms with E-state index in [1.807, 2.05) is 18.2 Å². The minimum atomic E-state index is -0.321. The number of benzene rings is 2. The van der Waals surface area contributed by atoms with Crippen LogP contribution in [0.1, 0.15) is 16.4 Å². The zero-order valence-electron chi connectivity index (χ0n) is 16.8. The molecule has 4 atom stereocenters. The van der Waals surface area contributed by atoms with Crippen LogP contribution in [0.4, 0.5) is 0 Å². The Morgan fingerprint density at radius 2 is 1.88 bits per heavy atom. The first kappa shape index (κ1) is 19.0. The second-order valence-corrected chi connectivity index (χ2v) is 7.63. The van der Waals surface area contributed by atoms with E-state index in [1.165, 1.54) is 0 Å². The molecular weight excluding hydrogens is 418 g/mol. The quantitative estimate of drug-likeness (QED) is 0.630. The molecule has 2 fully saturated rings. The number of rotatable bonds is 5. The number of hydrogen-bond donors (Lipinski definition) is 1. The molecule has 1 amide bonds. The van der Waals surface area contributed by atoms with Crippen LogP contribution in [-0.2, 0) is 9.47 Å². The summed E-state index contributed by atoms with van der Waals surface area (Å²) in [7, 11) is 0. The first-order valence-electron chi connectivity index (χ1n) is 10.2. The van der Waals surface area contributed by atoms with Gasteiger partial charge in [0.05, 0.1) is 19.3 Å². The van der Waals surface area contributed by atoms with Gasteiger partial charge in [0, 0.05) is 11.6 Å². The molecule has 0 unspecified atom stereocenters. The van der Waals surface area contributed by atoms with Gasteiger partial charge in [-0.05, 0) is 34.7 Å². The number of ether oxygens (including phenoxy) is 5. The lowest BCUT2D eigenvalue weighted by Gasteiger charge is -2.18. The Hall–Kier alpha value is -3.70. The number of carbonyl (C=O) groups is 1. The first-order valence-corrected chi connectivity index (χ1v) is 10.2. The molecular formula is C21H19N5O6. The third-order valence-electron chi connectivity index (χ3n) is 5.71. The topological polar surface area (TPSA) is 119 Å². The summed E-state index contributed by atoms with van der Waals surface area (Å²) in [6.45, 7) is 0.846. The highest BCUT2D eigenvalue weighted by atomic mass is 16.7. The van der Waals surface area contributed by atoms with Gasteiger partial charge in [-0.1, -0.05) is 23.3 Å². The van der Waals surface area contributed by atoms with Gasteiger partial charge in [0.2, 0.25) is 6.79 Å². The molecule has 6 rings (SSSR count). The summed E-state index contributed by atoms with van der Waals surface area (Å²) >= 11 is 0. The van der Waals surface area contributed by atoms with E-state index in [0.29, 0.717) is 36.0 Å². The predicted molar refractivity (Wildman–Crippen MR) is 107 cm³/mol. The molecule has 0 spiro atoms. The lowest BCUT2D eigenvalue weighted by atomic mass is 10.1. The predicted octanol–water partition coefficient (Wildman–Crippen LogP) is 1.33. The molecule has 3 aliphatic rings. The minimum Gasteiger partial charge on any atom is -0.454 e. The maximum absolute atomic E-state index is 12.5. The second kappa shape index (κ2) is 7.77. The van der Waals surface area contributed by atoms with Gasteiger partial charge < -0.3 is 29.0 Å². The van der Waals surface area contributed by atoms with Gasteiger partial charge in [-0.2, -0.15) is 4.68 Å². The lowest BCUT2D eigenvalue weighted by molar-refractivity contribution is 0.0606. The van der Waals surface area contributed by atoms with E-state index in [1.54, 1.807) is 35.0 Å². The SMILES string of the molecule is O=C(N[C@H]1CO[C@H]2[C@@H]1OC[C@@H]2n1nnnc1Oc1ccc2c(c1)OCO2)c1ccccc1. The molecule has 1 N–H and O–H groups in total. The number of hydrogen-bond acceptors (Lipinski definition) is 9. The van der Waals surface area contributed by atoms with E-state index in [4.69, 9.17) is 23.7 Å². The highest BCUT2D eigenvalue weighted by molar-refractivity contribution is 5.94. The van der Waals surface area contributed by atoms with Crippen molar-refractivity contribution in [2.45, 2.75) is 24.3 Å². The van der Waals surface area contributed by atoms with Crippen molar-refractivity contribution in [3.05, 3.63) is 54.1 Å². The Balaban J connectivity index is 1.16. The van der Waals surface area contributed by atoms with Crippen molar-refractivity contribution >= 4 is 5.91 Å². The minimum absolute atomic E-state index is 0.166. The molecule has 1 aromatic heterocycles. The van der Waals surface area contributed by atoms with Gasteiger partial charge in [-0.3, -0.25) is 4.79 Å². The zero-order chi connectivity index (χ0) is 21.5. The van der Waals surface area contributed by atoms with Crippen molar-refractivity contribution in [1.82, 2.24) is 25.5 Å². The highest BCUT2D eigenvalue weighted by Crippen LogP contribution is 2.38. The van der Waals surface area contributed by atoms with E-state index in [0.717, 1.165) is 0 Å². The number of carbonyl (C=O) groups excluding carboxylic acids is 1. The highest BCUT2D eigenvalue weighted by Gasteiger charge is 2.50.